The van der Waals surface area contributed by atoms with Crippen molar-refractivity contribution in [2.24, 2.45) is 0 Å². The molecule has 0 bridgehead atoms. The Morgan fingerprint density at radius 3 is 2.78 bits per heavy atom. The van der Waals surface area contributed by atoms with Crippen LogP contribution in [0.4, 0.5) is 4.79 Å². The number of urea groups is 1. The normalized spacial score (nSPS) is 18.8. The van der Waals surface area contributed by atoms with E-state index in [9.17, 15) is 14.7 Å². The number of aromatic carboxylic acids is 1. The zero-order chi connectivity index (χ0) is 13.3. The van der Waals surface area contributed by atoms with Crippen LogP contribution in [0, 0.1) is 0 Å². The van der Waals surface area contributed by atoms with Crippen molar-refractivity contribution in [1.29, 1.82) is 0 Å². The van der Waals surface area contributed by atoms with Crippen LogP contribution in [0.3, 0.4) is 0 Å². The monoisotopic (exact) mass is 250 g/mol. The molecule has 1 saturated heterocycles. The predicted molar refractivity (Wildman–Crippen MR) is 63.5 cm³/mol. The summed E-state index contributed by atoms with van der Waals surface area (Å²) in [6, 6.07) is 4.03. The molecule has 2 amide bonds. The van der Waals surface area contributed by atoms with E-state index in [1.165, 1.54) is 18.2 Å². The second kappa shape index (κ2) is 4.56. The average Bonchev–Trinajstić information content (AvgIpc) is 2.60. The molecule has 1 unspecified atom stereocenters. The molecule has 6 heteroatoms. The molecule has 2 rings (SSSR count). The Morgan fingerprint density at radius 1 is 1.56 bits per heavy atom. The molecule has 1 aromatic carbocycles. The van der Waals surface area contributed by atoms with Gasteiger partial charge in [-0.05, 0) is 19.1 Å². The van der Waals surface area contributed by atoms with Gasteiger partial charge >= 0.3 is 12.0 Å². The summed E-state index contributed by atoms with van der Waals surface area (Å²) in [4.78, 5) is 23.8. The number of hydrogen-bond acceptors (Lipinski definition) is 3. The summed E-state index contributed by atoms with van der Waals surface area (Å²) in [5.41, 5.74) is 0.555. The lowest BCUT2D eigenvalue weighted by molar-refractivity contribution is 0.0696. The highest BCUT2D eigenvalue weighted by Crippen LogP contribution is 2.21. The van der Waals surface area contributed by atoms with Crippen molar-refractivity contribution in [3.63, 3.8) is 0 Å². The molecule has 18 heavy (non-hydrogen) atoms. The first-order valence-electron chi connectivity index (χ1n) is 5.58. The molecule has 0 radical (unpaired) electrons. The number of nitrogens with zero attached hydrogens (tertiary/aromatic N) is 1. The Hall–Kier alpha value is -2.24. The molecule has 96 valence electrons. The van der Waals surface area contributed by atoms with Gasteiger partial charge in [0.2, 0.25) is 0 Å². The minimum absolute atomic E-state index is 0.0236. The number of carboxylic acid groups (broad SMARTS) is 1. The number of phenolic OH excluding ortho intramolecular Hbond substituents is 1. The van der Waals surface area contributed by atoms with Crippen LogP contribution >= 0.6 is 0 Å². The highest BCUT2D eigenvalue weighted by atomic mass is 16.4. The topological polar surface area (TPSA) is 89.9 Å². The summed E-state index contributed by atoms with van der Waals surface area (Å²) in [5, 5.41) is 21.3. The zero-order valence-corrected chi connectivity index (χ0v) is 9.88. The summed E-state index contributed by atoms with van der Waals surface area (Å²) in [5.74, 6) is -1.20. The average molecular weight is 250 g/mol. The molecule has 1 aliphatic heterocycles. The molecule has 1 fully saturated rings. The Bertz CT molecular complexity index is 501. The van der Waals surface area contributed by atoms with Gasteiger partial charge in [-0.3, -0.25) is 0 Å². The lowest BCUT2D eigenvalue weighted by atomic mass is 10.1. The summed E-state index contributed by atoms with van der Waals surface area (Å²) >= 11 is 0. The highest BCUT2D eigenvalue weighted by molar-refractivity contribution is 5.88. The highest BCUT2D eigenvalue weighted by Gasteiger charge is 2.26. The fourth-order valence-corrected chi connectivity index (χ4v) is 1.93. The van der Waals surface area contributed by atoms with E-state index >= 15 is 0 Å². The SMILES string of the molecule is CC1CN(Cc2ccc(C(=O)O)cc2O)C(=O)N1. The van der Waals surface area contributed by atoms with E-state index in [2.05, 4.69) is 5.32 Å². The van der Waals surface area contributed by atoms with E-state index in [1.807, 2.05) is 6.92 Å². The lowest BCUT2D eigenvalue weighted by Crippen LogP contribution is -2.27. The third-order valence-electron chi connectivity index (χ3n) is 2.84. The Morgan fingerprint density at radius 2 is 2.28 bits per heavy atom. The van der Waals surface area contributed by atoms with Crippen LogP contribution in [0.5, 0.6) is 5.75 Å². The fourth-order valence-electron chi connectivity index (χ4n) is 1.93. The van der Waals surface area contributed by atoms with Gasteiger partial charge in [0, 0.05) is 18.2 Å². The first-order chi connectivity index (χ1) is 8.47. The minimum atomic E-state index is -1.09. The van der Waals surface area contributed by atoms with E-state index in [4.69, 9.17) is 5.11 Å². The molecular weight excluding hydrogens is 236 g/mol. The molecule has 6 nitrogen and oxygen atoms in total. The Labute approximate surface area is 104 Å². The van der Waals surface area contributed by atoms with Crippen LogP contribution in [0.15, 0.2) is 18.2 Å². The van der Waals surface area contributed by atoms with Crippen LogP contribution in [-0.2, 0) is 6.54 Å². The number of amides is 2. The number of carbonyl (C=O) groups excluding carboxylic acids is 1. The van der Waals surface area contributed by atoms with Gasteiger partial charge < -0.3 is 20.4 Å². The number of hydrogen-bond donors (Lipinski definition) is 3. The van der Waals surface area contributed by atoms with Crippen LogP contribution in [0.25, 0.3) is 0 Å². The third kappa shape index (κ3) is 2.37. The predicted octanol–water partition coefficient (Wildman–Crippen LogP) is 1.00. The number of phenols is 1. The van der Waals surface area contributed by atoms with Crippen molar-refractivity contribution in [2.45, 2.75) is 19.5 Å². The second-order valence-electron chi connectivity index (χ2n) is 4.38. The van der Waals surface area contributed by atoms with Crippen molar-refractivity contribution in [3.05, 3.63) is 29.3 Å². The Balaban J connectivity index is 2.15. The number of aromatic hydroxyl groups is 1. The van der Waals surface area contributed by atoms with Crippen LogP contribution in [-0.4, -0.2) is 39.7 Å². The number of nitrogens with one attached hydrogen (secondary N) is 1. The molecule has 0 aromatic heterocycles. The summed E-state index contributed by atoms with van der Waals surface area (Å²) < 4.78 is 0. The largest absolute Gasteiger partial charge is 0.508 e. The molecule has 0 spiro atoms. The van der Waals surface area contributed by atoms with Crippen molar-refractivity contribution in [3.8, 4) is 5.75 Å². The van der Waals surface area contributed by atoms with Crippen molar-refractivity contribution in [2.75, 3.05) is 6.54 Å². The number of carbonyl (C=O) groups is 2. The van der Waals surface area contributed by atoms with Gasteiger partial charge in [0.15, 0.2) is 0 Å². The molecular formula is C12H14N2O4. The molecule has 0 aliphatic carbocycles. The lowest BCUT2D eigenvalue weighted by Gasteiger charge is -2.15. The quantitative estimate of drug-likeness (QED) is 0.746. The maximum absolute atomic E-state index is 11.5. The third-order valence-corrected chi connectivity index (χ3v) is 2.84. The van der Waals surface area contributed by atoms with Crippen molar-refractivity contribution in [1.82, 2.24) is 10.2 Å². The van der Waals surface area contributed by atoms with E-state index < -0.39 is 5.97 Å². The van der Waals surface area contributed by atoms with Gasteiger partial charge in [-0.15, -0.1) is 0 Å². The Kier molecular flexibility index (Phi) is 3.10. The standard InChI is InChI=1S/C12H14N2O4/c1-7-5-14(12(18)13-7)6-9-3-2-8(11(16)17)4-10(9)15/h2-4,7,15H,5-6H2,1H3,(H,13,18)(H,16,17). The van der Waals surface area contributed by atoms with Gasteiger partial charge in [0.05, 0.1) is 12.1 Å². The zero-order valence-electron chi connectivity index (χ0n) is 9.88. The van der Waals surface area contributed by atoms with Crippen LogP contribution in [0.2, 0.25) is 0 Å². The van der Waals surface area contributed by atoms with Gasteiger partial charge in [-0.2, -0.15) is 0 Å². The second-order valence-corrected chi connectivity index (χ2v) is 4.38. The minimum Gasteiger partial charge on any atom is -0.508 e. The summed E-state index contributed by atoms with van der Waals surface area (Å²) in [6.45, 7) is 2.73. The maximum atomic E-state index is 11.5. The fraction of sp³-hybridized carbons (Fsp3) is 0.333. The van der Waals surface area contributed by atoms with Gasteiger partial charge in [-0.1, -0.05) is 6.07 Å². The summed E-state index contributed by atoms with van der Waals surface area (Å²) in [7, 11) is 0. The summed E-state index contributed by atoms with van der Waals surface area (Å²) in [6.07, 6.45) is 0. The van der Waals surface area contributed by atoms with Crippen LogP contribution < -0.4 is 5.32 Å². The van der Waals surface area contributed by atoms with E-state index in [0.29, 0.717) is 12.1 Å². The smallest absolute Gasteiger partial charge is 0.335 e. The molecule has 3 N–H and O–H groups in total. The first kappa shape index (κ1) is 12.2. The molecule has 0 saturated carbocycles. The van der Waals surface area contributed by atoms with Crippen LogP contribution in [0.1, 0.15) is 22.8 Å². The van der Waals surface area contributed by atoms with Gasteiger partial charge in [-0.25, -0.2) is 9.59 Å². The van der Waals surface area contributed by atoms with Crippen molar-refractivity contribution >= 4 is 12.0 Å². The molecule has 1 aromatic rings. The van der Waals surface area contributed by atoms with E-state index in [-0.39, 0.29) is 29.9 Å². The van der Waals surface area contributed by atoms with E-state index in [0.717, 1.165) is 0 Å². The number of benzene rings is 1. The van der Waals surface area contributed by atoms with Crippen molar-refractivity contribution < 1.29 is 19.8 Å². The first-order valence-corrected chi connectivity index (χ1v) is 5.58. The number of carboxylic acids is 1. The maximum Gasteiger partial charge on any atom is 0.335 e. The van der Waals surface area contributed by atoms with E-state index in [1.54, 1.807) is 4.90 Å². The molecule has 1 aliphatic rings. The number of rotatable bonds is 3. The molecule has 1 heterocycles. The molecule has 1 atom stereocenters. The van der Waals surface area contributed by atoms with Gasteiger partial charge in [0.1, 0.15) is 5.75 Å². The van der Waals surface area contributed by atoms with Gasteiger partial charge in [0.25, 0.3) is 0 Å².